The fourth-order valence-corrected chi connectivity index (χ4v) is 22.6. The van der Waals surface area contributed by atoms with Gasteiger partial charge in [-0.25, -0.2) is 26.8 Å². The summed E-state index contributed by atoms with van der Waals surface area (Å²) in [5.74, 6) is 1.56. The van der Waals surface area contributed by atoms with E-state index in [1.165, 1.54) is 52.9 Å². The molecule has 0 fully saturated rings. The maximum Gasteiger partial charge on any atom is 0.207 e. The van der Waals surface area contributed by atoms with E-state index in [0.717, 1.165) is 73.6 Å². The standard InChI is InChI=1S/C38H22N2O2S3.C36H20N4O2S3/c41-45(42)34-14-12-23(31-9-5-6-18-39-31)21-25(34)26-22-24(13-15-35(26)45)40-32-10-3-1-7-27(32)38(28-8-2-4-11-33(28)40)29-16-19-43-36(29)37-30(38)17-20-44-37;41-45(42)30-10-8-21(29-7-1-2-14-37-29)19-23(30)24-20-22(9-11-31(24)45)40-34-27(5-3-15-38-34)36(28-6-4-16-39-35(28)40)25-12-17-43-32(25)33-26(36)13-18-44-33/h1-22H;1-20H. The fraction of sp³-hybridized carbons (Fsp3) is 0.0270. The Bertz CT molecular complexity index is 5130. The Labute approximate surface area is 533 Å². The Kier molecular flexibility index (Phi) is 10.9. The lowest BCUT2D eigenvalue weighted by atomic mass is 9.65. The van der Waals surface area contributed by atoms with Crippen molar-refractivity contribution in [2.75, 3.05) is 9.80 Å². The van der Waals surface area contributed by atoms with Crippen LogP contribution in [-0.4, -0.2) is 36.8 Å². The summed E-state index contributed by atoms with van der Waals surface area (Å²) in [7, 11) is -7.31. The Morgan fingerprint density at radius 2 is 0.667 bits per heavy atom. The fourth-order valence-electron chi connectivity index (χ4n) is 15.1. The van der Waals surface area contributed by atoms with Crippen LogP contribution in [0.15, 0.2) is 272 Å². The lowest BCUT2D eigenvalue weighted by Crippen LogP contribution is -2.36. The number of benzene rings is 6. The number of sulfone groups is 2. The first-order chi connectivity index (χ1) is 44.2. The number of hydrogen-bond acceptors (Lipinski definition) is 14. The van der Waals surface area contributed by atoms with E-state index in [-0.39, 0.29) is 0 Å². The average molecular weight is 1270 g/mol. The van der Waals surface area contributed by atoms with Gasteiger partial charge in [0.2, 0.25) is 19.7 Å². The van der Waals surface area contributed by atoms with Gasteiger partial charge in [0.15, 0.2) is 0 Å². The average Bonchev–Trinajstić information content (AvgIpc) is 1.45. The van der Waals surface area contributed by atoms with Gasteiger partial charge < -0.3 is 4.90 Å². The molecule has 20 rings (SSSR count). The van der Waals surface area contributed by atoms with E-state index in [1.807, 2.05) is 132 Å². The van der Waals surface area contributed by atoms with Gasteiger partial charge >= 0.3 is 0 Å². The molecule has 6 aliphatic rings. The SMILES string of the molecule is O=S1(=O)c2ccc(-c3ccccn3)cc2-c2cc(N3c4ccccc4C4(c5ccccc53)c3ccsc3-c3sccc34)ccc21.O=S1(=O)c2ccc(-c3ccccn3)cc2-c2cc(N3c4ncccc4C4(c5cccnc53)c3ccsc3-c3sccc34)ccc21. The zero-order valence-corrected chi connectivity index (χ0v) is 51.9. The second-order valence-corrected chi connectivity index (χ2v) is 30.3. The van der Waals surface area contributed by atoms with Crippen molar-refractivity contribution in [3.63, 3.8) is 0 Å². The van der Waals surface area contributed by atoms with Gasteiger partial charge in [0.05, 0.1) is 53.2 Å². The van der Waals surface area contributed by atoms with E-state index in [4.69, 9.17) is 9.97 Å². The van der Waals surface area contributed by atoms with E-state index in [0.29, 0.717) is 36.3 Å². The molecule has 0 bridgehead atoms. The van der Waals surface area contributed by atoms with Crippen LogP contribution in [0, 0.1) is 0 Å². The molecule has 6 aromatic carbocycles. The predicted molar refractivity (Wildman–Crippen MR) is 359 cm³/mol. The summed E-state index contributed by atoms with van der Waals surface area (Å²) in [6.45, 7) is 0. The van der Waals surface area contributed by atoms with Crippen molar-refractivity contribution in [3.05, 3.63) is 297 Å². The number of rotatable bonds is 4. The molecular weight excluding hydrogens is 1230 g/mol. The third kappa shape index (κ3) is 6.78. The lowest BCUT2D eigenvalue weighted by Gasteiger charge is -2.44. The molecule has 0 saturated carbocycles. The molecule has 2 aliphatic carbocycles. The molecule has 16 heteroatoms. The van der Waals surface area contributed by atoms with Crippen LogP contribution in [0.25, 0.3) is 64.3 Å². The Morgan fingerprint density at radius 3 is 1.09 bits per heavy atom. The smallest absolute Gasteiger partial charge is 0.207 e. The van der Waals surface area contributed by atoms with Crippen molar-refractivity contribution in [2.45, 2.75) is 30.4 Å². The molecule has 0 radical (unpaired) electrons. The molecule has 0 saturated heterocycles. The summed E-state index contributed by atoms with van der Waals surface area (Å²) in [5, 5.41) is 8.77. The van der Waals surface area contributed by atoms with Crippen molar-refractivity contribution in [1.82, 2.24) is 19.9 Å². The normalized spacial score (nSPS) is 15.6. The van der Waals surface area contributed by atoms with Crippen LogP contribution in [0.3, 0.4) is 0 Å². The second-order valence-electron chi connectivity index (χ2n) is 22.8. The maximum absolute atomic E-state index is 13.7. The summed E-state index contributed by atoms with van der Waals surface area (Å²) in [6.07, 6.45) is 7.13. The summed E-state index contributed by atoms with van der Waals surface area (Å²) >= 11 is 7.18. The second kappa shape index (κ2) is 18.9. The van der Waals surface area contributed by atoms with Gasteiger partial charge in [0, 0.05) is 100 Å². The predicted octanol–water partition coefficient (Wildman–Crippen LogP) is 18.5. The van der Waals surface area contributed by atoms with E-state index in [1.54, 1.807) is 59.3 Å². The van der Waals surface area contributed by atoms with Crippen molar-refractivity contribution in [1.29, 1.82) is 0 Å². The first-order valence-corrected chi connectivity index (χ1v) is 35.6. The third-order valence-electron chi connectivity index (χ3n) is 18.7. The van der Waals surface area contributed by atoms with Gasteiger partial charge in [-0.1, -0.05) is 72.8 Å². The van der Waals surface area contributed by atoms with Gasteiger partial charge in [-0.05, 0) is 188 Å². The van der Waals surface area contributed by atoms with Gasteiger partial charge in [-0.15, -0.1) is 45.3 Å². The number of aromatic nitrogens is 4. The van der Waals surface area contributed by atoms with Crippen LogP contribution >= 0.6 is 45.3 Å². The lowest BCUT2D eigenvalue weighted by molar-refractivity contribution is 0.597. The topological polar surface area (TPSA) is 126 Å². The molecule has 8 aromatic heterocycles. The van der Waals surface area contributed by atoms with Crippen LogP contribution in [-0.2, 0) is 30.5 Å². The first-order valence-electron chi connectivity index (χ1n) is 29.1. The quantitative estimate of drug-likeness (QED) is 0.168. The molecule has 0 atom stereocenters. The summed E-state index contributed by atoms with van der Waals surface area (Å²) < 4.78 is 54.9. The number of hydrogen-bond donors (Lipinski definition) is 0. The Balaban J connectivity index is 0.000000130. The molecule has 4 aliphatic heterocycles. The number of fused-ring (bicyclic) bond motifs is 24. The Hall–Kier alpha value is -9.78. The largest absolute Gasteiger partial charge is 0.310 e. The van der Waals surface area contributed by atoms with Crippen molar-refractivity contribution < 1.29 is 16.8 Å². The van der Waals surface area contributed by atoms with Crippen LogP contribution in [0.2, 0.25) is 0 Å². The van der Waals surface area contributed by atoms with Crippen LogP contribution < -0.4 is 9.80 Å². The highest BCUT2D eigenvalue weighted by Gasteiger charge is 2.55. The van der Waals surface area contributed by atoms with E-state index in [2.05, 4.69) is 126 Å². The molecular formula is C74H42N6O4S6. The van der Waals surface area contributed by atoms with E-state index < -0.39 is 30.5 Å². The third-order valence-corrected chi connectivity index (χ3v) is 26.4. The molecule has 14 aromatic rings. The molecule has 0 amide bonds. The minimum Gasteiger partial charge on any atom is -0.310 e. The highest BCUT2D eigenvalue weighted by atomic mass is 32.2. The number of nitrogens with zero attached hydrogens (tertiary/aromatic N) is 6. The molecule has 90 heavy (non-hydrogen) atoms. The highest BCUT2D eigenvalue weighted by Crippen LogP contribution is 2.67. The van der Waals surface area contributed by atoms with Gasteiger partial charge in [0.1, 0.15) is 11.6 Å². The molecule has 2 spiro atoms. The van der Waals surface area contributed by atoms with Gasteiger partial charge in [-0.2, -0.15) is 0 Å². The summed E-state index contributed by atoms with van der Waals surface area (Å²) in [5.41, 5.74) is 18.9. The van der Waals surface area contributed by atoms with Crippen LogP contribution in [0.1, 0.15) is 44.5 Å². The molecule has 428 valence electrons. The minimum absolute atomic E-state index is 0.303. The number of thiophene rings is 4. The van der Waals surface area contributed by atoms with Crippen molar-refractivity contribution in [2.24, 2.45) is 0 Å². The van der Waals surface area contributed by atoms with Crippen molar-refractivity contribution in [3.8, 4) is 64.3 Å². The number of anilines is 6. The molecule has 0 unspecified atom stereocenters. The first kappa shape index (κ1) is 52.2. The number of para-hydroxylation sites is 2. The summed E-state index contributed by atoms with van der Waals surface area (Å²) in [6, 6.07) is 68.6. The zero-order chi connectivity index (χ0) is 59.8. The van der Waals surface area contributed by atoms with Gasteiger partial charge in [0.25, 0.3) is 0 Å². The van der Waals surface area contributed by atoms with E-state index >= 15 is 0 Å². The van der Waals surface area contributed by atoms with Gasteiger partial charge in [-0.3, -0.25) is 14.9 Å². The molecule has 12 heterocycles. The zero-order valence-electron chi connectivity index (χ0n) is 47.0. The van der Waals surface area contributed by atoms with E-state index in [9.17, 15) is 16.8 Å². The highest BCUT2D eigenvalue weighted by molar-refractivity contribution is 7.92. The maximum atomic E-state index is 13.7. The number of pyridine rings is 4. The van der Waals surface area contributed by atoms with Crippen LogP contribution in [0.5, 0.6) is 0 Å². The molecule has 0 N–H and O–H groups in total. The van der Waals surface area contributed by atoms with Crippen LogP contribution in [0.4, 0.5) is 34.4 Å². The van der Waals surface area contributed by atoms with Crippen molar-refractivity contribution >= 4 is 99.4 Å². The monoisotopic (exact) mass is 1270 g/mol. The molecule has 10 nitrogen and oxygen atoms in total. The Morgan fingerprint density at radius 1 is 0.311 bits per heavy atom. The summed E-state index contributed by atoms with van der Waals surface area (Å²) in [4.78, 5) is 30.0. The minimum atomic E-state index is -3.67.